The Morgan fingerprint density at radius 1 is 1.33 bits per heavy atom. The summed E-state index contributed by atoms with van der Waals surface area (Å²) in [5.74, 6) is 2.11. The molecule has 0 saturated heterocycles. The van der Waals surface area contributed by atoms with E-state index in [2.05, 4.69) is 12.0 Å². The van der Waals surface area contributed by atoms with Crippen molar-refractivity contribution in [3.63, 3.8) is 0 Å². The predicted molar refractivity (Wildman–Crippen MR) is 38.2 cm³/mol. The van der Waals surface area contributed by atoms with Crippen LogP contribution < -0.4 is 0 Å². The van der Waals surface area contributed by atoms with E-state index in [1.807, 2.05) is 0 Å². The van der Waals surface area contributed by atoms with E-state index in [0.29, 0.717) is 0 Å². The number of rotatable bonds is 0. The fourth-order valence-corrected chi connectivity index (χ4v) is 0.719. The third-order valence-corrected chi connectivity index (χ3v) is 1.28. The minimum Gasteiger partial charge on any atom is -0.166 e. The molecule has 0 aliphatic carbocycles. The molecule has 0 aromatic heterocycles. The molecular formula is C9H4F3. The fourth-order valence-electron chi connectivity index (χ4n) is 0.719. The zero-order chi connectivity index (χ0) is 9.19. The molecular weight excluding hydrogens is 165 g/mol. The standard InChI is InChI=1S/C9H4F3/c1-2-7-4-3-5-8(6-7)9(10,11)12/h1,4-6H. The third-order valence-electron chi connectivity index (χ3n) is 1.28. The Morgan fingerprint density at radius 3 is 2.50 bits per heavy atom. The van der Waals surface area contributed by atoms with Crippen molar-refractivity contribution in [2.45, 2.75) is 6.18 Å². The first-order valence-electron chi connectivity index (χ1n) is 3.09. The van der Waals surface area contributed by atoms with Crippen LogP contribution >= 0.6 is 0 Å². The van der Waals surface area contributed by atoms with Crippen molar-refractivity contribution in [1.29, 1.82) is 0 Å². The van der Waals surface area contributed by atoms with Gasteiger partial charge in [0.2, 0.25) is 0 Å². The highest BCUT2D eigenvalue weighted by Crippen LogP contribution is 2.29. The van der Waals surface area contributed by atoms with Crippen molar-refractivity contribution < 1.29 is 13.2 Å². The molecule has 0 atom stereocenters. The van der Waals surface area contributed by atoms with Gasteiger partial charge in [-0.3, -0.25) is 0 Å². The van der Waals surface area contributed by atoms with Gasteiger partial charge in [0.15, 0.2) is 0 Å². The Bertz CT molecular complexity index is 317. The van der Waals surface area contributed by atoms with Crippen molar-refractivity contribution in [2.75, 3.05) is 0 Å². The summed E-state index contributed by atoms with van der Waals surface area (Å²) in [7, 11) is 0. The third kappa shape index (κ3) is 1.79. The van der Waals surface area contributed by atoms with E-state index in [1.54, 1.807) is 0 Å². The smallest absolute Gasteiger partial charge is 0.166 e. The molecule has 0 spiro atoms. The highest BCUT2D eigenvalue weighted by atomic mass is 19.4. The van der Waals surface area contributed by atoms with Crippen LogP contribution in [-0.2, 0) is 6.18 Å². The van der Waals surface area contributed by atoms with Crippen molar-refractivity contribution in [3.05, 3.63) is 35.4 Å². The summed E-state index contributed by atoms with van der Waals surface area (Å²) in [6, 6.07) is 5.43. The molecule has 12 heavy (non-hydrogen) atoms. The lowest BCUT2D eigenvalue weighted by Crippen LogP contribution is -2.04. The Hall–Kier alpha value is -1.43. The maximum atomic E-state index is 12.0. The molecule has 0 N–H and O–H groups in total. The molecule has 61 valence electrons. The first kappa shape index (κ1) is 8.66. The van der Waals surface area contributed by atoms with Crippen LogP contribution in [0.5, 0.6) is 0 Å². The summed E-state index contributed by atoms with van der Waals surface area (Å²) >= 11 is 0. The zero-order valence-corrected chi connectivity index (χ0v) is 5.94. The average Bonchev–Trinajstić information content (AvgIpc) is 2.03. The van der Waals surface area contributed by atoms with E-state index in [9.17, 15) is 13.2 Å². The summed E-state index contributed by atoms with van der Waals surface area (Å²) in [6.45, 7) is 0. The van der Waals surface area contributed by atoms with E-state index < -0.39 is 11.7 Å². The van der Waals surface area contributed by atoms with Gasteiger partial charge in [-0.15, -0.1) is 6.42 Å². The molecule has 1 aromatic carbocycles. The molecule has 0 fully saturated rings. The maximum absolute atomic E-state index is 12.0. The molecule has 3 heteroatoms. The predicted octanol–water partition coefficient (Wildman–Crippen LogP) is 2.49. The fraction of sp³-hybridized carbons (Fsp3) is 0.111. The molecule has 0 nitrogen and oxygen atoms in total. The summed E-state index contributed by atoms with van der Waals surface area (Å²) in [4.78, 5) is 0. The van der Waals surface area contributed by atoms with E-state index in [1.165, 1.54) is 6.07 Å². The van der Waals surface area contributed by atoms with Crippen LogP contribution in [0.15, 0.2) is 18.2 Å². The van der Waals surface area contributed by atoms with Gasteiger partial charge in [-0.2, -0.15) is 13.2 Å². The molecule has 1 aromatic rings. The quantitative estimate of drug-likeness (QED) is 0.523. The topological polar surface area (TPSA) is 0 Å². The van der Waals surface area contributed by atoms with Gasteiger partial charge < -0.3 is 0 Å². The minimum atomic E-state index is -4.34. The Morgan fingerprint density at radius 2 is 2.00 bits per heavy atom. The summed E-state index contributed by atoms with van der Waals surface area (Å²) in [5.41, 5.74) is -0.581. The van der Waals surface area contributed by atoms with E-state index in [0.717, 1.165) is 12.1 Å². The Labute approximate surface area is 68.0 Å². The van der Waals surface area contributed by atoms with Gasteiger partial charge >= 0.3 is 6.18 Å². The maximum Gasteiger partial charge on any atom is 0.416 e. The lowest BCUT2D eigenvalue weighted by Gasteiger charge is -2.05. The van der Waals surface area contributed by atoms with Gasteiger partial charge in [-0.1, -0.05) is 5.92 Å². The largest absolute Gasteiger partial charge is 0.416 e. The lowest BCUT2D eigenvalue weighted by molar-refractivity contribution is -0.137. The van der Waals surface area contributed by atoms with Gasteiger partial charge in [-0.05, 0) is 24.3 Å². The number of hydrogen-bond donors (Lipinski definition) is 0. The van der Waals surface area contributed by atoms with Gasteiger partial charge in [0.05, 0.1) is 5.56 Å². The average molecular weight is 169 g/mol. The van der Waals surface area contributed by atoms with Crippen LogP contribution in [0.2, 0.25) is 0 Å². The Balaban J connectivity index is 3.13. The molecule has 0 unspecified atom stereocenters. The van der Waals surface area contributed by atoms with Crippen LogP contribution in [-0.4, -0.2) is 0 Å². The second kappa shape index (κ2) is 2.90. The van der Waals surface area contributed by atoms with Crippen molar-refractivity contribution >= 4 is 0 Å². The van der Waals surface area contributed by atoms with Crippen LogP contribution in [0.1, 0.15) is 11.1 Å². The number of hydrogen-bond acceptors (Lipinski definition) is 0. The SMILES string of the molecule is C#Cc1c[c]cc(C(F)(F)F)c1. The van der Waals surface area contributed by atoms with Crippen molar-refractivity contribution in [1.82, 2.24) is 0 Å². The minimum absolute atomic E-state index is 0.185. The zero-order valence-electron chi connectivity index (χ0n) is 5.94. The number of halogens is 3. The van der Waals surface area contributed by atoms with Crippen molar-refractivity contribution in [2.24, 2.45) is 0 Å². The lowest BCUT2D eigenvalue weighted by atomic mass is 10.1. The van der Waals surface area contributed by atoms with Gasteiger partial charge in [-0.25, -0.2) is 0 Å². The summed E-state index contributed by atoms with van der Waals surface area (Å²) in [6.07, 6.45) is 0.581. The highest BCUT2D eigenvalue weighted by Gasteiger charge is 2.30. The molecule has 0 bridgehead atoms. The molecule has 1 rings (SSSR count). The first-order valence-corrected chi connectivity index (χ1v) is 3.09. The number of benzene rings is 1. The van der Waals surface area contributed by atoms with E-state index in [-0.39, 0.29) is 5.56 Å². The molecule has 0 saturated carbocycles. The second-order valence-electron chi connectivity index (χ2n) is 2.15. The molecule has 0 aliphatic rings. The van der Waals surface area contributed by atoms with Crippen LogP contribution in [0, 0.1) is 18.4 Å². The Kier molecular flexibility index (Phi) is 2.09. The van der Waals surface area contributed by atoms with Crippen LogP contribution in [0.25, 0.3) is 0 Å². The van der Waals surface area contributed by atoms with Crippen LogP contribution in [0.4, 0.5) is 13.2 Å². The normalized spacial score (nSPS) is 10.8. The van der Waals surface area contributed by atoms with Gasteiger partial charge in [0, 0.05) is 5.56 Å². The van der Waals surface area contributed by atoms with Crippen molar-refractivity contribution in [3.8, 4) is 12.3 Å². The summed E-state index contributed by atoms with van der Waals surface area (Å²) < 4.78 is 36.0. The van der Waals surface area contributed by atoms with Crippen LogP contribution in [0.3, 0.4) is 0 Å². The number of terminal acetylenes is 1. The summed E-state index contributed by atoms with van der Waals surface area (Å²) in [5, 5.41) is 0. The second-order valence-corrected chi connectivity index (χ2v) is 2.15. The first-order chi connectivity index (χ1) is 5.54. The molecule has 0 aliphatic heterocycles. The number of alkyl halides is 3. The highest BCUT2D eigenvalue weighted by molar-refractivity contribution is 5.35. The molecule has 0 heterocycles. The molecule has 0 amide bonds. The monoisotopic (exact) mass is 169 g/mol. The van der Waals surface area contributed by atoms with E-state index >= 15 is 0 Å². The molecule has 1 radical (unpaired) electrons. The van der Waals surface area contributed by atoms with Gasteiger partial charge in [0.1, 0.15) is 0 Å². The van der Waals surface area contributed by atoms with E-state index in [4.69, 9.17) is 6.42 Å². The van der Waals surface area contributed by atoms with Gasteiger partial charge in [0.25, 0.3) is 0 Å².